The van der Waals surface area contributed by atoms with Crippen LogP contribution in [0, 0.1) is 0 Å². The third kappa shape index (κ3) is 2.87. The minimum Gasteiger partial charge on any atom is -0.487 e. The van der Waals surface area contributed by atoms with Crippen molar-refractivity contribution < 1.29 is 9.53 Å². The van der Waals surface area contributed by atoms with E-state index in [4.69, 9.17) is 4.74 Å². The van der Waals surface area contributed by atoms with Crippen molar-refractivity contribution in [2.24, 2.45) is 0 Å². The highest BCUT2D eigenvalue weighted by molar-refractivity contribution is 5.87. The molecule has 0 bridgehead atoms. The molecule has 2 fully saturated rings. The van der Waals surface area contributed by atoms with Crippen LogP contribution in [0.5, 0.6) is 5.75 Å². The fourth-order valence-corrected chi connectivity index (χ4v) is 3.11. The number of nitrogens with one attached hydrogen (secondary N) is 2. The fraction of sp³-hybridized carbons (Fsp3) is 0.471. The third-order valence-electron chi connectivity index (χ3n) is 4.71. The van der Waals surface area contributed by atoms with Crippen LogP contribution in [0.4, 0.5) is 0 Å². The highest BCUT2D eigenvalue weighted by atomic mass is 16.5. The zero-order valence-corrected chi connectivity index (χ0v) is 13.4. The van der Waals surface area contributed by atoms with E-state index in [-0.39, 0.29) is 12.0 Å². The number of hydrogen-bond acceptors (Lipinski definition) is 5. The van der Waals surface area contributed by atoms with Crippen LogP contribution in [0.25, 0.3) is 0 Å². The number of carbonyl (C=O) groups excluding carboxylic acids is 1. The summed E-state index contributed by atoms with van der Waals surface area (Å²) in [5, 5.41) is 10.5. The van der Waals surface area contributed by atoms with Gasteiger partial charge < -0.3 is 15.4 Å². The van der Waals surface area contributed by atoms with Crippen LogP contribution in [-0.2, 0) is 16.9 Å². The van der Waals surface area contributed by atoms with E-state index in [0.717, 1.165) is 43.7 Å². The topological polar surface area (TPSA) is 81.1 Å². The number of pyridine rings is 1. The Labute approximate surface area is 140 Å². The minimum absolute atomic E-state index is 0.0106. The molecule has 2 aliphatic rings. The molecule has 1 saturated carbocycles. The molecule has 4 rings (SSSR count). The average molecular weight is 327 g/mol. The molecule has 1 aliphatic carbocycles. The predicted molar refractivity (Wildman–Crippen MR) is 87.4 cm³/mol. The van der Waals surface area contributed by atoms with E-state index >= 15 is 0 Å². The molecule has 7 nitrogen and oxygen atoms in total. The van der Waals surface area contributed by atoms with E-state index in [1.165, 1.54) is 0 Å². The molecule has 0 radical (unpaired) electrons. The molecule has 2 aromatic heterocycles. The Bertz CT molecular complexity index is 706. The van der Waals surface area contributed by atoms with Crippen LogP contribution < -0.4 is 15.4 Å². The van der Waals surface area contributed by atoms with Crippen molar-refractivity contribution in [3.63, 3.8) is 0 Å². The first-order chi connectivity index (χ1) is 11.8. The molecule has 1 atom stereocenters. The first-order valence-corrected chi connectivity index (χ1v) is 8.37. The number of aromatic nitrogens is 3. The summed E-state index contributed by atoms with van der Waals surface area (Å²) >= 11 is 0. The second kappa shape index (κ2) is 6.24. The van der Waals surface area contributed by atoms with Gasteiger partial charge in [-0.3, -0.25) is 14.5 Å². The summed E-state index contributed by atoms with van der Waals surface area (Å²) in [7, 11) is 0. The lowest BCUT2D eigenvalue weighted by molar-refractivity contribution is -0.126. The maximum Gasteiger partial charge on any atom is 0.248 e. The first kappa shape index (κ1) is 15.1. The van der Waals surface area contributed by atoms with Gasteiger partial charge in [0.05, 0.1) is 6.20 Å². The predicted octanol–water partition coefficient (Wildman–Crippen LogP) is 0.824. The van der Waals surface area contributed by atoms with Crippen molar-refractivity contribution >= 4 is 5.91 Å². The van der Waals surface area contributed by atoms with Crippen molar-refractivity contribution in [1.82, 2.24) is 25.4 Å². The van der Waals surface area contributed by atoms with Gasteiger partial charge in [-0.1, -0.05) is 0 Å². The zero-order chi connectivity index (χ0) is 16.4. The molecule has 3 heterocycles. The van der Waals surface area contributed by atoms with Crippen LogP contribution in [0.15, 0.2) is 36.9 Å². The lowest BCUT2D eigenvalue weighted by Crippen LogP contribution is -2.38. The van der Waals surface area contributed by atoms with E-state index in [0.29, 0.717) is 6.54 Å². The largest absolute Gasteiger partial charge is 0.487 e. The van der Waals surface area contributed by atoms with Crippen molar-refractivity contribution in [2.75, 3.05) is 13.1 Å². The summed E-state index contributed by atoms with van der Waals surface area (Å²) in [5.74, 6) is 0.756. The van der Waals surface area contributed by atoms with Crippen molar-refractivity contribution in [2.45, 2.75) is 37.5 Å². The Hall–Kier alpha value is -2.41. The van der Waals surface area contributed by atoms with Gasteiger partial charge >= 0.3 is 0 Å². The van der Waals surface area contributed by atoms with Gasteiger partial charge in [0.25, 0.3) is 0 Å². The Kier molecular flexibility index (Phi) is 3.93. The summed E-state index contributed by atoms with van der Waals surface area (Å²) in [6, 6.07) is 3.74. The number of rotatable bonds is 6. The second-order valence-electron chi connectivity index (χ2n) is 6.38. The summed E-state index contributed by atoms with van der Waals surface area (Å²) in [4.78, 5) is 16.8. The van der Waals surface area contributed by atoms with Crippen molar-refractivity contribution in [3.8, 4) is 5.75 Å². The monoisotopic (exact) mass is 327 g/mol. The maximum absolute atomic E-state index is 12.6. The molecule has 126 valence electrons. The van der Waals surface area contributed by atoms with Gasteiger partial charge in [0.2, 0.25) is 5.91 Å². The average Bonchev–Trinajstić information content (AvgIpc) is 3.02. The van der Waals surface area contributed by atoms with E-state index in [2.05, 4.69) is 20.7 Å². The summed E-state index contributed by atoms with van der Waals surface area (Å²) in [6.07, 6.45) is 9.81. The fourth-order valence-electron chi connectivity index (χ4n) is 3.11. The van der Waals surface area contributed by atoms with E-state index in [1.807, 2.05) is 18.3 Å². The normalized spacial score (nSPS) is 21.4. The van der Waals surface area contributed by atoms with Crippen LogP contribution in [0.2, 0.25) is 0 Å². The van der Waals surface area contributed by atoms with Crippen molar-refractivity contribution in [1.29, 1.82) is 0 Å². The van der Waals surface area contributed by atoms with Gasteiger partial charge in [-0.05, 0) is 37.9 Å². The van der Waals surface area contributed by atoms with Gasteiger partial charge in [0.1, 0.15) is 17.4 Å². The van der Waals surface area contributed by atoms with Crippen LogP contribution in [0.1, 0.15) is 24.8 Å². The lowest BCUT2D eigenvalue weighted by Gasteiger charge is -2.18. The molecule has 1 aliphatic heterocycles. The third-order valence-corrected chi connectivity index (χ3v) is 4.71. The summed E-state index contributed by atoms with van der Waals surface area (Å²) < 4.78 is 7.78. The quantitative estimate of drug-likeness (QED) is 0.821. The molecule has 1 saturated heterocycles. The molecule has 2 N–H and O–H groups in total. The van der Waals surface area contributed by atoms with Gasteiger partial charge in [-0.25, -0.2) is 0 Å². The maximum atomic E-state index is 12.6. The summed E-state index contributed by atoms with van der Waals surface area (Å²) in [6.45, 7) is 2.26. The van der Waals surface area contributed by atoms with Gasteiger partial charge in [0, 0.05) is 37.2 Å². The van der Waals surface area contributed by atoms with Crippen LogP contribution in [0.3, 0.4) is 0 Å². The second-order valence-corrected chi connectivity index (χ2v) is 6.38. The smallest absolute Gasteiger partial charge is 0.248 e. The highest BCUT2D eigenvalue weighted by Gasteiger charge is 2.52. The van der Waals surface area contributed by atoms with Crippen molar-refractivity contribution in [3.05, 3.63) is 42.5 Å². The number of nitrogens with zero attached hydrogens (tertiary/aromatic N) is 3. The molecule has 24 heavy (non-hydrogen) atoms. The van der Waals surface area contributed by atoms with Gasteiger partial charge in [-0.15, -0.1) is 0 Å². The van der Waals surface area contributed by atoms with E-state index < -0.39 is 5.54 Å². The molecule has 0 unspecified atom stereocenters. The Morgan fingerprint density at radius 1 is 1.46 bits per heavy atom. The van der Waals surface area contributed by atoms with Crippen LogP contribution in [-0.4, -0.2) is 39.9 Å². The Morgan fingerprint density at radius 3 is 3.08 bits per heavy atom. The SMILES string of the molecule is O=C(NCc1ccncc1O[C@H]1CCNC1)C1(n2cccn2)CC1. The highest BCUT2D eigenvalue weighted by Crippen LogP contribution is 2.43. The Balaban J connectivity index is 1.42. The van der Waals surface area contributed by atoms with E-state index in [9.17, 15) is 4.79 Å². The molecule has 1 amide bonds. The molecular formula is C17H21N5O2. The van der Waals surface area contributed by atoms with Gasteiger partial charge in [-0.2, -0.15) is 5.10 Å². The van der Waals surface area contributed by atoms with Gasteiger partial charge in [0.15, 0.2) is 0 Å². The number of hydrogen-bond donors (Lipinski definition) is 2. The first-order valence-electron chi connectivity index (χ1n) is 8.37. The molecule has 7 heteroatoms. The lowest BCUT2D eigenvalue weighted by atomic mass is 10.2. The number of amides is 1. The molecular weight excluding hydrogens is 306 g/mol. The number of carbonyl (C=O) groups is 1. The Morgan fingerprint density at radius 2 is 2.38 bits per heavy atom. The zero-order valence-electron chi connectivity index (χ0n) is 13.4. The standard InChI is InChI=1S/C17H21N5O2/c23-16(17(4-5-17)22-9-1-6-21-22)20-10-13-2-7-19-12-15(13)24-14-3-8-18-11-14/h1-2,6-7,9,12,14,18H,3-5,8,10-11H2,(H,20,23)/t14-/m0/s1. The molecule has 0 spiro atoms. The molecule has 2 aromatic rings. The molecule has 0 aromatic carbocycles. The van der Waals surface area contributed by atoms with Crippen LogP contribution >= 0.6 is 0 Å². The minimum atomic E-state index is -0.507. The summed E-state index contributed by atoms with van der Waals surface area (Å²) in [5.41, 5.74) is 0.439. The van der Waals surface area contributed by atoms with E-state index in [1.54, 1.807) is 23.3 Å². The number of ether oxygens (including phenoxy) is 1.